The summed E-state index contributed by atoms with van der Waals surface area (Å²) in [5.41, 5.74) is 1.68. The number of likely N-dealkylation sites (tertiary alicyclic amines) is 2. The van der Waals surface area contributed by atoms with E-state index in [-0.39, 0.29) is 24.0 Å². The zero-order chi connectivity index (χ0) is 23.2. The average molecular weight is 472 g/mol. The number of nitrogens with zero attached hydrogens (tertiary/aromatic N) is 3. The summed E-state index contributed by atoms with van der Waals surface area (Å²) in [5, 5.41) is 2.75. The van der Waals surface area contributed by atoms with Crippen molar-refractivity contribution in [2.75, 3.05) is 26.2 Å². The van der Waals surface area contributed by atoms with E-state index in [4.69, 9.17) is 9.47 Å². The van der Waals surface area contributed by atoms with Gasteiger partial charge in [0, 0.05) is 37.9 Å². The number of aromatic nitrogens is 1. The molecule has 0 bridgehead atoms. The monoisotopic (exact) mass is 471 g/mol. The number of carbonyl (C=O) groups is 2. The van der Waals surface area contributed by atoms with Crippen molar-refractivity contribution in [3.8, 4) is 5.75 Å². The van der Waals surface area contributed by atoms with Gasteiger partial charge in [-0.2, -0.15) is 0 Å². The lowest BCUT2D eigenvalue weighted by molar-refractivity contribution is -0.151. The smallest absolute Gasteiger partial charge is 0.323 e. The van der Waals surface area contributed by atoms with E-state index in [2.05, 4.69) is 22.0 Å². The van der Waals surface area contributed by atoms with E-state index < -0.39 is 0 Å². The first-order valence-corrected chi connectivity index (χ1v) is 12.8. The van der Waals surface area contributed by atoms with Crippen LogP contribution in [0.1, 0.15) is 60.1 Å². The van der Waals surface area contributed by atoms with Gasteiger partial charge in [-0.15, -0.1) is 11.3 Å². The largest absolute Gasteiger partial charge is 0.490 e. The molecule has 1 atom stereocenters. The summed E-state index contributed by atoms with van der Waals surface area (Å²) in [6, 6.07) is 7.99. The molecule has 3 heterocycles. The van der Waals surface area contributed by atoms with Gasteiger partial charge in [-0.05, 0) is 50.9 Å². The van der Waals surface area contributed by atoms with Crippen molar-refractivity contribution in [1.29, 1.82) is 0 Å². The van der Waals surface area contributed by atoms with E-state index in [1.165, 1.54) is 11.3 Å². The van der Waals surface area contributed by atoms with Crippen LogP contribution in [0, 0.1) is 6.92 Å². The highest BCUT2D eigenvalue weighted by atomic mass is 32.1. The molecule has 1 aromatic carbocycles. The maximum absolute atomic E-state index is 12.6. The molecule has 33 heavy (non-hydrogen) atoms. The van der Waals surface area contributed by atoms with E-state index in [1.807, 2.05) is 36.3 Å². The second-order valence-corrected chi connectivity index (χ2v) is 9.80. The molecular weight excluding hydrogens is 438 g/mol. The van der Waals surface area contributed by atoms with Gasteiger partial charge in [0.1, 0.15) is 23.6 Å². The van der Waals surface area contributed by atoms with Gasteiger partial charge >= 0.3 is 5.97 Å². The highest BCUT2D eigenvalue weighted by Crippen LogP contribution is 2.25. The number of rotatable bonds is 7. The first-order chi connectivity index (χ1) is 16.0. The van der Waals surface area contributed by atoms with Crippen molar-refractivity contribution in [1.82, 2.24) is 14.8 Å². The van der Waals surface area contributed by atoms with E-state index in [1.54, 1.807) is 0 Å². The van der Waals surface area contributed by atoms with Crippen LogP contribution in [0.25, 0.3) is 0 Å². The number of hydrogen-bond acceptors (Lipinski definition) is 7. The second-order valence-electron chi connectivity index (χ2n) is 8.74. The molecule has 1 amide bonds. The van der Waals surface area contributed by atoms with Crippen LogP contribution in [0.2, 0.25) is 0 Å². The Hall–Kier alpha value is -2.45. The third kappa shape index (κ3) is 6.12. The highest BCUT2D eigenvalue weighted by Gasteiger charge is 2.30. The Morgan fingerprint density at radius 1 is 1.15 bits per heavy atom. The van der Waals surface area contributed by atoms with Gasteiger partial charge in [-0.25, -0.2) is 4.98 Å². The summed E-state index contributed by atoms with van der Waals surface area (Å²) in [6.45, 7) is 7.15. The predicted octanol–water partition coefficient (Wildman–Crippen LogP) is 4.05. The van der Waals surface area contributed by atoms with Crippen molar-refractivity contribution < 1.29 is 19.1 Å². The Kier molecular flexibility index (Phi) is 7.98. The quantitative estimate of drug-likeness (QED) is 0.568. The third-order valence-electron chi connectivity index (χ3n) is 6.33. The third-order valence-corrected chi connectivity index (χ3v) is 7.10. The minimum atomic E-state index is -0.161. The highest BCUT2D eigenvalue weighted by molar-refractivity contribution is 7.09. The molecule has 178 valence electrons. The van der Waals surface area contributed by atoms with Gasteiger partial charge in [0.25, 0.3) is 5.91 Å². The van der Waals surface area contributed by atoms with Crippen LogP contribution in [0.3, 0.4) is 0 Å². The molecule has 0 unspecified atom stereocenters. The van der Waals surface area contributed by atoms with Gasteiger partial charge in [0.05, 0.1) is 11.6 Å². The summed E-state index contributed by atoms with van der Waals surface area (Å²) in [6.07, 6.45) is 4.71. The number of amides is 1. The lowest BCUT2D eigenvalue weighted by atomic mass is 10.0. The summed E-state index contributed by atoms with van der Waals surface area (Å²) in [4.78, 5) is 33.4. The molecule has 2 aliphatic rings. The Morgan fingerprint density at radius 3 is 2.70 bits per heavy atom. The van der Waals surface area contributed by atoms with Gasteiger partial charge in [-0.1, -0.05) is 18.6 Å². The number of thiazole rings is 1. The summed E-state index contributed by atoms with van der Waals surface area (Å²) < 4.78 is 11.6. The Morgan fingerprint density at radius 2 is 1.97 bits per heavy atom. The molecule has 8 heteroatoms. The van der Waals surface area contributed by atoms with E-state index in [0.717, 1.165) is 55.0 Å². The maximum Gasteiger partial charge on any atom is 0.323 e. The summed E-state index contributed by atoms with van der Waals surface area (Å²) >= 11 is 1.50. The molecule has 4 rings (SSSR count). The number of aryl methyl sites for hydroxylation is 1. The normalized spacial score (nSPS) is 19.9. The second kappa shape index (κ2) is 11.1. The number of hydrogen-bond donors (Lipinski definition) is 0. The minimum absolute atomic E-state index is 0.0116. The van der Waals surface area contributed by atoms with Crippen LogP contribution < -0.4 is 4.74 Å². The average Bonchev–Trinajstić information content (AvgIpc) is 3.26. The summed E-state index contributed by atoms with van der Waals surface area (Å²) in [5.74, 6) is 0.744. The van der Waals surface area contributed by atoms with Crippen LogP contribution in [-0.2, 0) is 16.1 Å². The number of ether oxygens (including phenoxy) is 2. The van der Waals surface area contributed by atoms with Gasteiger partial charge < -0.3 is 14.4 Å². The van der Waals surface area contributed by atoms with Crippen molar-refractivity contribution in [2.24, 2.45) is 0 Å². The summed E-state index contributed by atoms with van der Waals surface area (Å²) in [7, 11) is 0. The van der Waals surface area contributed by atoms with Crippen molar-refractivity contribution in [3.63, 3.8) is 0 Å². The molecule has 2 saturated heterocycles. The molecule has 1 aromatic heterocycles. The Bertz CT molecular complexity index is 955. The van der Waals surface area contributed by atoms with Crippen LogP contribution in [0.4, 0.5) is 0 Å². The lowest BCUT2D eigenvalue weighted by Crippen LogP contribution is -2.44. The fourth-order valence-corrected chi connectivity index (χ4v) is 5.22. The fraction of sp³-hybridized carbons (Fsp3) is 0.560. The van der Waals surface area contributed by atoms with Gasteiger partial charge in [-0.3, -0.25) is 14.5 Å². The van der Waals surface area contributed by atoms with Crippen LogP contribution >= 0.6 is 11.3 Å². The number of benzene rings is 1. The van der Waals surface area contributed by atoms with Crippen LogP contribution in [0.5, 0.6) is 5.75 Å². The topological polar surface area (TPSA) is 72.0 Å². The number of esters is 1. The molecule has 0 N–H and O–H groups in total. The molecule has 2 fully saturated rings. The molecule has 7 nitrogen and oxygen atoms in total. The minimum Gasteiger partial charge on any atom is -0.490 e. The molecule has 2 aromatic rings. The first-order valence-electron chi connectivity index (χ1n) is 11.9. The van der Waals surface area contributed by atoms with Crippen molar-refractivity contribution in [3.05, 3.63) is 45.9 Å². The van der Waals surface area contributed by atoms with Crippen LogP contribution in [0.15, 0.2) is 29.6 Å². The van der Waals surface area contributed by atoms with Gasteiger partial charge in [0.15, 0.2) is 0 Å². The SMILES string of the molecule is CCOC(=O)[C@@H]1CCCCN1Cc1cccc(OC2CCN(C(=O)c3csc(C)n3)CC2)c1. The molecular formula is C25H33N3O4S. The molecule has 0 spiro atoms. The molecule has 2 aliphatic heterocycles. The predicted molar refractivity (Wildman–Crippen MR) is 128 cm³/mol. The number of piperidine rings is 2. The fourth-order valence-electron chi connectivity index (χ4n) is 4.63. The van der Waals surface area contributed by atoms with E-state index in [9.17, 15) is 9.59 Å². The molecule has 0 aliphatic carbocycles. The zero-order valence-electron chi connectivity index (χ0n) is 19.5. The van der Waals surface area contributed by atoms with E-state index in [0.29, 0.717) is 31.9 Å². The standard InChI is InChI=1S/C25H33N3O4S/c1-3-31-25(30)23-9-4-5-12-28(23)16-19-7-6-8-21(15-19)32-20-10-13-27(14-11-20)24(29)22-17-33-18(2)26-22/h6-8,15,17,20,23H,3-5,9-14,16H2,1-2H3/t23-/m0/s1. The van der Waals surface area contributed by atoms with Crippen molar-refractivity contribution >= 4 is 23.2 Å². The van der Waals surface area contributed by atoms with Crippen LogP contribution in [-0.4, -0.2) is 65.0 Å². The first kappa shape index (κ1) is 23.7. The molecule has 0 radical (unpaired) electrons. The Labute approximate surface area is 199 Å². The Balaban J connectivity index is 1.31. The van der Waals surface area contributed by atoms with Gasteiger partial charge in [0.2, 0.25) is 0 Å². The number of carbonyl (C=O) groups excluding carboxylic acids is 2. The van der Waals surface area contributed by atoms with E-state index >= 15 is 0 Å². The molecule has 0 saturated carbocycles. The van der Waals surface area contributed by atoms with Crippen molar-refractivity contribution in [2.45, 2.75) is 64.6 Å². The zero-order valence-corrected chi connectivity index (χ0v) is 20.3. The lowest BCUT2D eigenvalue weighted by Gasteiger charge is -2.34. The maximum atomic E-state index is 12.6.